The molecule has 1 saturated carbocycles. The molecule has 4 rings (SSSR count). The first-order chi connectivity index (χ1) is 15.9. The van der Waals surface area contributed by atoms with Crippen LogP contribution in [0.3, 0.4) is 0 Å². The second-order valence-electron chi connectivity index (χ2n) is 8.28. The standard InChI is InChI=1S/C23H27BrN4O4S/c1-15-14-16(4-5-17(15)28-11-13-31-12-8-19(28)25)26-21(29)23(9-2-3-10-23)27-22(30)32-20-7-6-18(24)33-20/h4-7,14,25H,2-3,8-13H2,1H3,(H,26,29)(H,27,30). The van der Waals surface area contributed by atoms with Crippen molar-refractivity contribution < 1.29 is 19.1 Å². The van der Waals surface area contributed by atoms with Gasteiger partial charge >= 0.3 is 6.09 Å². The first-order valence-electron chi connectivity index (χ1n) is 11.0. The maximum atomic E-state index is 13.3. The third kappa shape index (κ3) is 5.56. The van der Waals surface area contributed by atoms with Gasteiger partial charge in [-0.2, -0.15) is 0 Å². The molecule has 0 spiro atoms. The molecule has 2 aliphatic rings. The summed E-state index contributed by atoms with van der Waals surface area (Å²) in [5.41, 5.74) is 1.54. The quantitative estimate of drug-likeness (QED) is 0.497. The van der Waals surface area contributed by atoms with Crippen molar-refractivity contribution in [3.63, 3.8) is 0 Å². The summed E-state index contributed by atoms with van der Waals surface area (Å²) in [6.07, 6.45) is 2.78. The van der Waals surface area contributed by atoms with E-state index in [1.54, 1.807) is 12.1 Å². The second-order valence-corrected chi connectivity index (χ2v) is 10.7. The van der Waals surface area contributed by atoms with Crippen LogP contribution >= 0.6 is 27.3 Å². The van der Waals surface area contributed by atoms with Gasteiger partial charge in [-0.05, 0) is 71.6 Å². The van der Waals surface area contributed by atoms with E-state index in [1.807, 2.05) is 30.0 Å². The van der Waals surface area contributed by atoms with Crippen LogP contribution in [0.4, 0.5) is 16.2 Å². The van der Waals surface area contributed by atoms with Crippen molar-refractivity contribution in [2.75, 3.05) is 30.0 Å². The van der Waals surface area contributed by atoms with E-state index < -0.39 is 11.6 Å². The summed E-state index contributed by atoms with van der Waals surface area (Å²) in [4.78, 5) is 27.7. The van der Waals surface area contributed by atoms with E-state index in [4.69, 9.17) is 14.9 Å². The Bertz CT molecular complexity index is 1050. The summed E-state index contributed by atoms with van der Waals surface area (Å²) < 4.78 is 11.7. The monoisotopic (exact) mass is 534 g/mol. The molecule has 1 aromatic heterocycles. The number of aryl methyl sites for hydroxylation is 1. The lowest BCUT2D eigenvalue weighted by molar-refractivity contribution is -0.122. The van der Waals surface area contributed by atoms with Crippen molar-refractivity contribution in [3.8, 4) is 5.06 Å². The summed E-state index contributed by atoms with van der Waals surface area (Å²) in [6.45, 7) is 3.72. The molecule has 0 atom stereocenters. The fourth-order valence-electron chi connectivity index (χ4n) is 4.30. The minimum Gasteiger partial charge on any atom is -0.399 e. The number of amidine groups is 1. The molecule has 10 heteroatoms. The predicted octanol–water partition coefficient (Wildman–Crippen LogP) is 5.06. The fraction of sp³-hybridized carbons (Fsp3) is 0.435. The van der Waals surface area contributed by atoms with E-state index in [0.717, 1.165) is 27.9 Å². The molecule has 8 nitrogen and oxygen atoms in total. The maximum Gasteiger partial charge on any atom is 0.414 e. The zero-order chi connectivity index (χ0) is 23.4. The number of ether oxygens (including phenoxy) is 2. The van der Waals surface area contributed by atoms with Crippen LogP contribution in [0.5, 0.6) is 5.06 Å². The average Bonchev–Trinajstić information content (AvgIpc) is 3.35. The van der Waals surface area contributed by atoms with E-state index >= 15 is 0 Å². The molecule has 2 heterocycles. The first-order valence-corrected chi connectivity index (χ1v) is 12.6. The Morgan fingerprint density at radius 1 is 1.21 bits per heavy atom. The molecule has 0 radical (unpaired) electrons. The van der Waals surface area contributed by atoms with Gasteiger partial charge in [0.2, 0.25) is 5.91 Å². The molecule has 2 amide bonds. The van der Waals surface area contributed by atoms with E-state index in [0.29, 0.717) is 55.6 Å². The molecule has 2 aromatic rings. The molecule has 3 N–H and O–H groups in total. The molecule has 2 fully saturated rings. The molecular formula is C23H27BrN4O4S. The topological polar surface area (TPSA) is 104 Å². The highest BCUT2D eigenvalue weighted by Gasteiger charge is 2.43. The van der Waals surface area contributed by atoms with Crippen molar-refractivity contribution in [1.82, 2.24) is 5.32 Å². The molecule has 0 bridgehead atoms. The van der Waals surface area contributed by atoms with Crippen LogP contribution < -0.4 is 20.3 Å². The Morgan fingerprint density at radius 3 is 2.70 bits per heavy atom. The minimum absolute atomic E-state index is 0.243. The van der Waals surface area contributed by atoms with Crippen LogP contribution in [-0.4, -0.2) is 43.1 Å². The van der Waals surface area contributed by atoms with E-state index in [-0.39, 0.29) is 5.91 Å². The highest BCUT2D eigenvalue weighted by atomic mass is 79.9. The van der Waals surface area contributed by atoms with Gasteiger partial charge in [-0.3, -0.25) is 10.2 Å². The molecule has 1 aromatic carbocycles. The molecule has 33 heavy (non-hydrogen) atoms. The molecule has 176 valence electrons. The largest absolute Gasteiger partial charge is 0.414 e. The maximum absolute atomic E-state index is 13.3. The van der Waals surface area contributed by atoms with Gasteiger partial charge in [-0.15, -0.1) is 0 Å². The van der Waals surface area contributed by atoms with Gasteiger partial charge in [0.25, 0.3) is 0 Å². The summed E-state index contributed by atoms with van der Waals surface area (Å²) in [7, 11) is 0. The van der Waals surface area contributed by atoms with Gasteiger partial charge in [0, 0.05) is 24.3 Å². The van der Waals surface area contributed by atoms with Crippen LogP contribution in [0.25, 0.3) is 0 Å². The molecule has 1 aliphatic carbocycles. The van der Waals surface area contributed by atoms with Gasteiger partial charge in [-0.25, -0.2) is 4.79 Å². The lowest BCUT2D eigenvalue weighted by Gasteiger charge is -2.29. The average molecular weight is 535 g/mol. The highest BCUT2D eigenvalue weighted by Crippen LogP contribution is 2.33. The third-order valence-corrected chi connectivity index (χ3v) is 7.49. The van der Waals surface area contributed by atoms with E-state index in [9.17, 15) is 9.59 Å². The van der Waals surface area contributed by atoms with Crippen LogP contribution in [0, 0.1) is 12.3 Å². The number of amides is 2. The smallest absolute Gasteiger partial charge is 0.399 e. The summed E-state index contributed by atoms with van der Waals surface area (Å²) in [6, 6.07) is 9.16. The SMILES string of the molecule is Cc1cc(NC(=O)C2(NC(=O)Oc3ccc(Br)s3)CCCC2)ccc1N1CCOCCC1=N. The number of benzene rings is 1. The minimum atomic E-state index is -0.998. The molecule has 1 saturated heterocycles. The fourth-order valence-corrected chi connectivity index (χ4v) is 5.49. The van der Waals surface area contributed by atoms with Crippen LogP contribution in [0.1, 0.15) is 37.7 Å². The number of carbonyl (C=O) groups excluding carboxylic acids is 2. The normalized spacial score (nSPS) is 18.0. The van der Waals surface area contributed by atoms with Gasteiger partial charge in [-0.1, -0.05) is 24.2 Å². The van der Waals surface area contributed by atoms with Gasteiger partial charge in [0.15, 0.2) is 5.06 Å². The van der Waals surface area contributed by atoms with Crippen molar-refractivity contribution in [3.05, 3.63) is 39.7 Å². The van der Waals surface area contributed by atoms with Gasteiger partial charge in [0.05, 0.1) is 17.0 Å². The van der Waals surface area contributed by atoms with Crippen molar-refractivity contribution >= 4 is 56.5 Å². The lowest BCUT2D eigenvalue weighted by atomic mass is 9.96. The van der Waals surface area contributed by atoms with Crippen molar-refractivity contribution in [2.24, 2.45) is 0 Å². The second kappa shape index (κ2) is 10.2. The Kier molecular flexibility index (Phi) is 7.35. The first kappa shape index (κ1) is 23.7. The molecular weight excluding hydrogens is 508 g/mol. The van der Waals surface area contributed by atoms with E-state index in [1.165, 1.54) is 11.3 Å². The zero-order valence-corrected chi connectivity index (χ0v) is 20.8. The van der Waals surface area contributed by atoms with Gasteiger partial charge in [0.1, 0.15) is 11.4 Å². The summed E-state index contributed by atoms with van der Waals surface area (Å²) >= 11 is 4.65. The van der Waals surface area contributed by atoms with E-state index in [2.05, 4.69) is 26.6 Å². The summed E-state index contributed by atoms with van der Waals surface area (Å²) in [5, 5.41) is 14.6. The number of carbonyl (C=O) groups is 2. The zero-order valence-electron chi connectivity index (χ0n) is 18.4. The Labute approximate surface area is 205 Å². The predicted molar refractivity (Wildman–Crippen MR) is 133 cm³/mol. The Balaban J connectivity index is 1.45. The number of nitrogens with one attached hydrogen (secondary N) is 3. The summed E-state index contributed by atoms with van der Waals surface area (Å²) in [5.74, 6) is 0.283. The number of nitrogens with zero attached hydrogens (tertiary/aromatic N) is 1. The van der Waals surface area contributed by atoms with Crippen molar-refractivity contribution in [2.45, 2.75) is 44.6 Å². The number of rotatable bonds is 5. The number of hydrogen-bond acceptors (Lipinski definition) is 6. The molecule has 0 unspecified atom stereocenters. The van der Waals surface area contributed by atoms with Gasteiger partial charge < -0.3 is 25.0 Å². The number of anilines is 2. The lowest BCUT2D eigenvalue weighted by Crippen LogP contribution is -2.55. The highest BCUT2D eigenvalue weighted by molar-refractivity contribution is 9.11. The van der Waals surface area contributed by atoms with Crippen LogP contribution in [0.2, 0.25) is 0 Å². The number of hydrogen-bond donors (Lipinski definition) is 3. The number of halogens is 1. The van der Waals surface area contributed by atoms with Crippen molar-refractivity contribution in [1.29, 1.82) is 5.41 Å². The van der Waals surface area contributed by atoms with Crippen LogP contribution in [0.15, 0.2) is 34.1 Å². The third-order valence-electron chi connectivity index (χ3n) is 5.99. The number of thiophene rings is 1. The van der Waals surface area contributed by atoms with Crippen LogP contribution in [-0.2, 0) is 9.53 Å². The Morgan fingerprint density at radius 2 is 2.00 bits per heavy atom. The Hall–Kier alpha value is -2.43. The molecule has 1 aliphatic heterocycles.